The average molecular weight is 356 g/mol. The summed E-state index contributed by atoms with van der Waals surface area (Å²) in [5.41, 5.74) is 3.05. The minimum Gasteiger partial charge on any atom is -0.468 e. The first-order valence-corrected chi connectivity index (χ1v) is 8.42. The highest BCUT2D eigenvalue weighted by Crippen LogP contribution is 2.24. The number of ether oxygens (including phenoxy) is 1. The number of methoxy groups -OCH3 is 1. The van der Waals surface area contributed by atoms with Gasteiger partial charge in [-0.05, 0) is 42.2 Å². The van der Waals surface area contributed by atoms with Gasteiger partial charge < -0.3 is 10.1 Å². The van der Waals surface area contributed by atoms with Crippen LogP contribution in [0.2, 0.25) is 0 Å². The van der Waals surface area contributed by atoms with Gasteiger partial charge in [0.15, 0.2) is 0 Å². The van der Waals surface area contributed by atoms with Gasteiger partial charge in [0, 0.05) is 6.54 Å². The van der Waals surface area contributed by atoms with Crippen molar-refractivity contribution in [1.29, 1.82) is 0 Å². The van der Waals surface area contributed by atoms with Gasteiger partial charge in [-0.1, -0.05) is 30.3 Å². The SMILES string of the molecule is COC(=O)[C@@H]1Cc2ccccc2CN1CC(=O)Nc1ccc(C)cc1F. The van der Waals surface area contributed by atoms with E-state index in [-0.39, 0.29) is 24.1 Å². The predicted molar refractivity (Wildman–Crippen MR) is 96.1 cm³/mol. The maximum absolute atomic E-state index is 13.9. The normalized spacial score (nSPS) is 16.7. The molecule has 6 heteroatoms. The average Bonchev–Trinajstić information content (AvgIpc) is 2.63. The molecule has 136 valence electrons. The van der Waals surface area contributed by atoms with Gasteiger partial charge in [0.1, 0.15) is 11.9 Å². The molecule has 0 fully saturated rings. The van der Waals surface area contributed by atoms with Crippen LogP contribution in [0.15, 0.2) is 42.5 Å². The topological polar surface area (TPSA) is 58.6 Å². The fourth-order valence-electron chi connectivity index (χ4n) is 3.21. The summed E-state index contributed by atoms with van der Waals surface area (Å²) >= 11 is 0. The molecule has 0 bridgehead atoms. The van der Waals surface area contributed by atoms with E-state index < -0.39 is 11.9 Å². The van der Waals surface area contributed by atoms with Crippen LogP contribution in [0.25, 0.3) is 0 Å². The highest BCUT2D eigenvalue weighted by Gasteiger charge is 2.33. The Hall–Kier alpha value is -2.73. The van der Waals surface area contributed by atoms with Crippen molar-refractivity contribution in [3.05, 3.63) is 65.0 Å². The maximum atomic E-state index is 13.9. The number of hydrogen-bond acceptors (Lipinski definition) is 4. The van der Waals surface area contributed by atoms with Crippen molar-refractivity contribution in [1.82, 2.24) is 4.90 Å². The Morgan fingerprint density at radius 3 is 2.65 bits per heavy atom. The molecule has 1 atom stereocenters. The van der Waals surface area contributed by atoms with Crippen molar-refractivity contribution in [2.45, 2.75) is 25.9 Å². The van der Waals surface area contributed by atoms with E-state index >= 15 is 0 Å². The van der Waals surface area contributed by atoms with Crippen molar-refractivity contribution >= 4 is 17.6 Å². The largest absolute Gasteiger partial charge is 0.468 e. The molecule has 26 heavy (non-hydrogen) atoms. The standard InChI is InChI=1S/C20H21FN2O3/c1-13-7-8-17(16(21)9-13)22-19(24)12-23-11-15-6-4-3-5-14(15)10-18(23)20(25)26-2/h3-9,18H,10-12H2,1-2H3,(H,22,24)/t18-/m0/s1. The molecular formula is C20H21FN2O3. The zero-order valence-electron chi connectivity index (χ0n) is 14.8. The number of rotatable bonds is 4. The lowest BCUT2D eigenvalue weighted by atomic mass is 9.94. The smallest absolute Gasteiger partial charge is 0.323 e. The van der Waals surface area contributed by atoms with Gasteiger partial charge >= 0.3 is 5.97 Å². The number of anilines is 1. The van der Waals surface area contributed by atoms with Crippen LogP contribution in [0.3, 0.4) is 0 Å². The molecule has 2 aromatic carbocycles. The molecule has 5 nitrogen and oxygen atoms in total. The van der Waals surface area contributed by atoms with Gasteiger partial charge in [-0.2, -0.15) is 0 Å². The summed E-state index contributed by atoms with van der Waals surface area (Å²) in [6.45, 7) is 2.21. The Bertz CT molecular complexity index is 838. The molecule has 0 aromatic heterocycles. The lowest BCUT2D eigenvalue weighted by molar-refractivity contribution is -0.148. The molecule has 1 aliphatic heterocycles. The first kappa shape index (κ1) is 18.1. The summed E-state index contributed by atoms with van der Waals surface area (Å²) in [6, 6.07) is 11.9. The summed E-state index contributed by atoms with van der Waals surface area (Å²) in [4.78, 5) is 26.3. The molecule has 0 saturated carbocycles. The summed E-state index contributed by atoms with van der Waals surface area (Å²) in [5, 5.41) is 2.58. The lowest BCUT2D eigenvalue weighted by Crippen LogP contribution is -2.49. The zero-order chi connectivity index (χ0) is 18.7. The third kappa shape index (κ3) is 3.91. The van der Waals surface area contributed by atoms with E-state index in [2.05, 4.69) is 5.32 Å². The Kier molecular flexibility index (Phi) is 5.32. The number of nitrogens with one attached hydrogen (secondary N) is 1. The summed E-state index contributed by atoms with van der Waals surface area (Å²) in [5.74, 6) is -1.23. The van der Waals surface area contributed by atoms with Gasteiger partial charge in [0.05, 0.1) is 19.3 Å². The molecule has 1 N–H and O–H groups in total. The quantitative estimate of drug-likeness (QED) is 0.856. The summed E-state index contributed by atoms with van der Waals surface area (Å²) < 4.78 is 18.8. The number of aryl methyl sites for hydroxylation is 1. The van der Waals surface area contributed by atoms with Crippen molar-refractivity contribution in [3.8, 4) is 0 Å². The van der Waals surface area contributed by atoms with Gasteiger partial charge in [-0.15, -0.1) is 0 Å². The number of hydrogen-bond donors (Lipinski definition) is 1. The molecule has 0 unspecified atom stereocenters. The van der Waals surface area contributed by atoms with E-state index in [0.717, 1.165) is 16.7 Å². The Balaban J connectivity index is 1.75. The molecular weight excluding hydrogens is 335 g/mol. The second-order valence-corrected chi connectivity index (χ2v) is 6.45. The number of fused-ring (bicyclic) bond motifs is 1. The van der Waals surface area contributed by atoms with Gasteiger partial charge in [0.25, 0.3) is 0 Å². The Morgan fingerprint density at radius 2 is 1.96 bits per heavy atom. The number of benzene rings is 2. The van der Waals surface area contributed by atoms with E-state index in [4.69, 9.17) is 4.74 Å². The van der Waals surface area contributed by atoms with Gasteiger partial charge in [0.2, 0.25) is 5.91 Å². The minimum absolute atomic E-state index is 0.0264. The Morgan fingerprint density at radius 1 is 1.23 bits per heavy atom. The zero-order valence-corrected chi connectivity index (χ0v) is 14.8. The van der Waals surface area contributed by atoms with Crippen molar-refractivity contribution < 1.29 is 18.7 Å². The third-order valence-electron chi connectivity index (χ3n) is 4.56. The second kappa shape index (κ2) is 7.66. The van der Waals surface area contributed by atoms with E-state index in [1.54, 1.807) is 17.9 Å². The number of esters is 1. The number of amides is 1. The molecule has 0 aliphatic carbocycles. The minimum atomic E-state index is -0.538. The Labute approximate surface area is 151 Å². The van der Waals surface area contributed by atoms with E-state index in [1.165, 1.54) is 19.2 Å². The first-order chi connectivity index (χ1) is 12.5. The second-order valence-electron chi connectivity index (χ2n) is 6.45. The molecule has 2 aromatic rings. The van der Waals surface area contributed by atoms with Crippen LogP contribution in [0, 0.1) is 12.7 Å². The van der Waals surface area contributed by atoms with Crippen LogP contribution in [-0.4, -0.2) is 36.5 Å². The van der Waals surface area contributed by atoms with Crippen LogP contribution >= 0.6 is 0 Å². The summed E-state index contributed by atoms with van der Waals surface area (Å²) in [6.07, 6.45) is 0.481. The maximum Gasteiger partial charge on any atom is 0.323 e. The first-order valence-electron chi connectivity index (χ1n) is 8.42. The predicted octanol–water partition coefficient (Wildman–Crippen LogP) is 2.67. The molecule has 0 radical (unpaired) electrons. The van der Waals surface area contributed by atoms with Crippen LogP contribution < -0.4 is 5.32 Å². The number of carbonyl (C=O) groups is 2. The number of nitrogens with zero attached hydrogens (tertiary/aromatic N) is 1. The monoisotopic (exact) mass is 356 g/mol. The fourth-order valence-corrected chi connectivity index (χ4v) is 3.21. The molecule has 1 heterocycles. The number of carbonyl (C=O) groups excluding carboxylic acids is 2. The van der Waals surface area contributed by atoms with Crippen LogP contribution in [0.5, 0.6) is 0 Å². The molecule has 3 rings (SSSR count). The third-order valence-corrected chi connectivity index (χ3v) is 4.56. The fraction of sp³-hybridized carbons (Fsp3) is 0.300. The van der Waals surface area contributed by atoms with Gasteiger partial charge in [-0.25, -0.2) is 4.39 Å². The number of halogens is 1. The highest BCUT2D eigenvalue weighted by atomic mass is 19.1. The van der Waals surface area contributed by atoms with Crippen LogP contribution in [0.4, 0.5) is 10.1 Å². The molecule has 1 aliphatic rings. The van der Waals surface area contributed by atoms with Crippen molar-refractivity contribution in [2.24, 2.45) is 0 Å². The van der Waals surface area contributed by atoms with Gasteiger partial charge in [-0.3, -0.25) is 14.5 Å². The molecule has 0 spiro atoms. The van der Waals surface area contributed by atoms with Crippen molar-refractivity contribution in [2.75, 3.05) is 19.0 Å². The lowest BCUT2D eigenvalue weighted by Gasteiger charge is -2.34. The van der Waals surface area contributed by atoms with E-state index in [0.29, 0.717) is 13.0 Å². The van der Waals surface area contributed by atoms with E-state index in [9.17, 15) is 14.0 Å². The van der Waals surface area contributed by atoms with E-state index in [1.807, 2.05) is 24.3 Å². The van der Waals surface area contributed by atoms with Crippen LogP contribution in [-0.2, 0) is 27.3 Å². The van der Waals surface area contributed by atoms with Crippen molar-refractivity contribution in [3.63, 3.8) is 0 Å². The molecule has 1 amide bonds. The highest BCUT2D eigenvalue weighted by molar-refractivity contribution is 5.93. The van der Waals surface area contributed by atoms with Crippen LogP contribution in [0.1, 0.15) is 16.7 Å². The summed E-state index contributed by atoms with van der Waals surface area (Å²) in [7, 11) is 1.34. The molecule has 0 saturated heterocycles.